The Morgan fingerprint density at radius 3 is 2.67 bits per heavy atom. The molecule has 1 aromatic rings. The number of aryl methyl sites for hydroxylation is 1. The minimum atomic E-state index is -1.02. The SMILES string of the molecule is CCNCC(C)(O)c1ccc(C)c(F)c1. The van der Waals surface area contributed by atoms with Crippen molar-refractivity contribution in [1.29, 1.82) is 0 Å². The van der Waals surface area contributed by atoms with Crippen molar-refractivity contribution in [2.45, 2.75) is 26.4 Å². The van der Waals surface area contributed by atoms with Gasteiger partial charge in [-0.05, 0) is 37.6 Å². The van der Waals surface area contributed by atoms with Gasteiger partial charge in [0.05, 0.1) is 5.60 Å². The third-order valence-corrected chi connectivity index (χ3v) is 2.51. The Kier molecular flexibility index (Phi) is 3.83. The fourth-order valence-electron chi connectivity index (χ4n) is 1.40. The van der Waals surface area contributed by atoms with Gasteiger partial charge in [0.2, 0.25) is 0 Å². The maximum Gasteiger partial charge on any atom is 0.126 e. The topological polar surface area (TPSA) is 32.3 Å². The highest BCUT2D eigenvalue weighted by Gasteiger charge is 2.22. The number of hydrogen-bond acceptors (Lipinski definition) is 2. The van der Waals surface area contributed by atoms with E-state index in [1.807, 2.05) is 6.92 Å². The van der Waals surface area contributed by atoms with Gasteiger partial charge in [-0.1, -0.05) is 19.1 Å². The molecule has 2 nitrogen and oxygen atoms in total. The molecule has 0 spiro atoms. The molecular formula is C12H18FNO. The van der Waals surface area contributed by atoms with Gasteiger partial charge in [-0.3, -0.25) is 0 Å². The van der Waals surface area contributed by atoms with Crippen LogP contribution >= 0.6 is 0 Å². The molecule has 0 saturated carbocycles. The van der Waals surface area contributed by atoms with Crippen molar-refractivity contribution in [3.05, 3.63) is 35.1 Å². The van der Waals surface area contributed by atoms with E-state index in [0.717, 1.165) is 6.54 Å². The Morgan fingerprint density at radius 1 is 1.47 bits per heavy atom. The summed E-state index contributed by atoms with van der Waals surface area (Å²) in [5.41, 5.74) is 0.175. The lowest BCUT2D eigenvalue weighted by atomic mass is 9.95. The molecule has 0 aliphatic heterocycles. The number of benzene rings is 1. The lowest BCUT2D eigenvalue weighted by Crippen LogP contribution is -2.35. The average Bonchev–Trinajstić information content (AvgIpc) is 2.19. The van der Waals surface area contributed by atoms with Gasteiger partial charge < -0.3 is 10.4 Å². The highest BCUT2D eigenvalue weighted by Crippen LogP contribution is 2.21. The molecule has 3 heteroatoms. The molecular weight excluding hydrogens is 193 g/mol. The van der Waals surface area contributed by atoms with E-state index in [1.54, 1.807) is 26.0 Å². The molecule has 0 aliphatic carbocycles. The van der Waals surface area contributed by atoms with Crippen molar-refractivity contribution < 1.29 is 9.50 Å². The van der Waals surface area contributed by atoms with E-state index >= 15 is 0 Å². The maximum absolute atomic E-state index is 13.3. The summed E-state index contributed by atoms with van der Waals surface area (Å²) in [6.07, 6.45) is 0. The van der Waals surface area contributed by atoms with Crippen molar-refractivity contribution in [3.63, 3.8) is 0 Å². The van der Waals surface area contributed by atoms with Crippen LogP contribution < -0.4 is 5.32 Å². The predicted octanol–water partition coefficient (Wildman–Crippen LogP) is 1.95. The number of aliphatic hydroxyl groups is 1. The molecule has 0 saturated heterocycles. The molecule has 0 radical (unpaired) electrons. The number of likely N-dealkylation sites (N-methyl/N-ethyl adjacent to an activating group) is 1. The zero-order valence-corrected chi connectivity index (χ0v) is 9.47. The van der Waals surface area contributed by atoms with Crippen LogP contribution in [0.5, 0.6) is 0 Å². The summed E-state index contributed by atoms with van der Waals surface area (Å²) >= 11 is 0. The van der Waals surface area contributed by atoms with Crippen LogP contribution in [0.4, 0.5) is 4.39 Å². The zero-order valence-electron chi connectivity index (χ0n) is 9.47. The van der Waals surface area contributed by atoms with Crippen LogP contribution in [0.15, 0.2) is 18.2 Å². The predicted molar refractivity (Wildman–Crippen MR) is 59.3 cm³/mol. The van der Waals surface area contributed by atoms with E-state index in [0.29, 0.717) is 17.7 Å². The van der Waals surface area contributed by atoms with Gasteiger partial charge in [0.15, 0.2) is 0 Å². The minimum absolute atomic E-state index is 0.274. The lowest BCUT2D eigenvalue weighted by Gasteiger charge is -2.24. The lowest BCUT2D eigenvalue weighted by molar-refractivity contribution is 0.0573. The minimum Gasteiger partial charge on any atom is -0.384 e. The molecule has 2 N–H and O–H groups in total. The van der Waals surface area contributed by atoms with Crippen LogP contribution in [-0.4, -0.2) is 18.2 Å². The van der Waals surface area contributed by atoms with Gasteiger partial charge in [-0.2, -0.15) is 0 Å². The third-order valence-electron chi connectivity index (χ3n) is 2.51. The van der Waals surface area contributed by atoms with Gasteiger partial charge in [0, 0.05) is 6.54 Å². The largest absolute Gasteiger partial charge is 0.384 e. The molecule has 1 rings (SSSR count). The van der Waals surface area contributed by atoms with Crippen molar-refractivity contribution in [2.75, 3.05) is 13.1 Å². The third kappa shape index (κ3) is 3.01. The fourth-order valence-corrected chi connectivity index (χ4v) is 1.40. The molecule has 1 aromatic carbocycles. The van der Waals surface area contributed by atoms with Gasteiger partial charge >= 0.3 is 0 Å². The monoisotopic (exact) mass is 211 g/mol. The maximum atomic E-state index is 13.3. The standard InChI is InChI=1S/C12H18FNO/c1-4-14-8-12(3,15)10-6-5-9(2)11(13)7-10/h5-7,14-15H,4,8H2,1-3H3. The first kappa shape index (κ1) is 12.1. The Bertz CT molecular complexity index is 336. The molecule has 0 aliphatic rings. The Labute approximate surface area is 90.1 Å². The van der Waals surface area contributed by atoms with Crippen LogP contribution in [0, 0.1) is 12.7 Å². The van der Waals surface area contributed by atoms with Gasteiger partial charge in [0.1, 0.15) is 5.82 Å². The number of nitrogens with one attached hydrogen (secondary N) is 1. The number of halogens is 1. The van der Waals surface area contributed by atoms with E-state index in [1.165, 1.54) is 6.07 Å². The Balaban J connectivity index is 2.89. The van der Waals surface area contributed by atoms with E-state index in [2.05, 4.69) is 5.32 Å². The normalized spacial score (nSPS) is 15.0. The summed E-state index contributed by atoms with van der Waals surface area (Å²) in [5.74, 6) is -0.274. The van der Waals surface area contributed by atoms with Gasteiger partial charge in [-0.15, -0.1) is 0 Å². The average molecular weight is 211 g/mol. The first-order chi connectivity index (χ1) is 6.97. The van der Waals surface area contributed by atoms with Crippen LogP contribution in [-0.2, 0) is 5.60 Å². The molecule has 1 atom stereocenters. The molecule has 0 fully saturated rings. The van der Waals surface area contributed by atoms with Crippen molar-refractivity contribution in [1.82, 2.24) is 5.32 Å². The smallest absolute Gasteiger partial charge is 0.126 e. The summed E-state index contributed by atoms with van der Waals surface area (Å²) in [6, 6.07) is 4.84. The summed E-state index contributed by atoms with van der Waals surface area (Å²) in [5, 5.41) is 13.2. The summed E-state index contributed by atoms with van der Waals surface area (Å²) in [6.45, 7) is 6.56. The van der Waals surface area contributed by atoms with Crippen LogP contribution in [0.2, 0.25) is 0 Å². The van der Waals surface area contributed by atoms with Crippen LogP contribution in [0.1, 0.15) is 25.0 Å². The van der Waals surface area contributed by atoms with Crippen molar-refractivity contribution >= 4 is 0 Å². The Hall–Kier alpha value is -0.930. The second-order valence-electron chi connectivity index (χ2n) is 4.02. The molecule has 0 amide bonds. The first-order valence-electron chi connectivity index (χ1n) is 5.17. The second-order valence-corrected chi connectivity index (χ2v) is 4.02. The molecule has 0 heterocycles. The number of hydrogen-bond donors (Lipinski definition) is 2. The first-order valence-corrected chi connectivity index (χ1v) is 5.17. The zero-order chi connectivity index (χ0) is 11.5. The van der Waals surface area contributed by atoms with E-state index in [-0.39, 0.29) is 5.82 Å². The molecule has 0 bridgehead atoms. The van der Waals surface area contributed by atoms with E-state index in [4.69, 9.17) is 0 Å². The van der Waals surface area contributed by atoms with Crippen LogP contribution in [0.25, 0.3) is 0 Å². The summed E-state index contributed by atoms with van der Waals surface area (Å²) in [4.78, 5) is 0. The van der Waals surface area contributed by atoms with E-state index in [9.17, 15) is 9.50 Å². The number of rotatable bonds is 4. The molecule has 0 aromatic heterocycles. The fraction of sp³-hybridized carbons (Fsp3) is 0.500. The van der Waals surface area contributed by atoms with Crippen LogP contribution in [0.3, 0.4) is 0 Å². The summed E-state index contributed by atoms with van der Waals surface area (Å²) in [7, 11) is 0. The quantitative estimate of drug-likeness (QED) is 0.798. The van der Waals surface area contributed by atoms with E-state index < -0.39 is 5.60 Å². The second kappa shape index (κ2) is 4.73. The molecule has 1 unspecified atom stereocenters. The van der Waals surface area contributed by atoms with Crippen molar-refractivity contribution in [2.24, 2.45) is 0 Å². The highest BCUT2D eigenvalue weighted by atomic mass is 19.1. The van der Waals surface area contributed by atoms with Gasteiger partial charge in [-0.25, -0.2) is 4.39 Å². The molecule has 15 heavy (non-hydrogen) atoms. The summed E-state index contributed by atoms with van der Waals surface area (Å²) < 4.78 is 13.3. The van der Waals surface area contributed by atoms with Crippen molar-refractivity contribution in [3.8, 4) is 0 Å². The Morgan fingerprint density at radius 2 is 2.13 bits per heavy atom. The van der Waals surface area contributed by atoms with Gasteiger partial charge in [0.25, 0.3) is 0 Å². The highest BCUT2D eigenvalue weighted by molar-refractivity contribution is 5.27. The molecule has 84 valence electrons.